The van der Waals surface area contributed by atoms with Gasteiger partial charge in [0.25, 0.3) is 0 Å². The highest BCUT2D eigenvalue weighted by molar-refractivity contribution is 5.16. The maximum atomic E-state index is 6.44. The molecule has 0 aliphatic carbocycles. The molecule has 0 saturated carbocycles. The quantitative estimate of drug-likeness (QED) is 0.193. The van der Waals surface area contributed by atoms with Crippen molar-refractivity contribution in [3.05, 3.63) is 35.9 Å². The summed E-state index contributed by atoms with van der Waals surface area (Å²) in [6, 6.07) is 10.7. The molecule has 0 aliphatic rings. The Balaban J connectivity index is 2.66. The third-order valence-corrected chi connectivity index (χ3v) is 5.20. The SMILES string of the molecule is CCCCCCCCCC(Cc1ccccc1)(OCCCC)OCCCC. The zero-order valence-corrected chi connectivity index (χ0v) is 18.3. The van der Waals surface area contributed by atoms with Crippen LogP contribution in [0.1, 0.15) is 103 Å². The summed E-state index contributed by atoms with van der Waals surface area (Å²) in [6.45, 7) is 8.31. The van der Waals surface area contributed by atoms with Crippen LogP contribution in [0.4, 0.5) is 0 Å². The Bertz CT molecular complexity index is 419. The molecular formula is C25H44O2. The van der Waals surface area contributed by atoms with E-state index in [1.54, 1.807) is 0 Å². The highest BCUT2D eigenvalue weighted by Gasteiger charge is 2.31. The molecule has 1 aromatic rings. The number of hydrogen-bond donors (Lipinski definition) is 0. The highest BCUT2D eigenvalue weighted by atomic mass is 16.7. The van der Waals surface area contributed by atoms with Crippen LogP contribution in [0.15, 0.2) is 30.3 Å². The fourth-order valence-electron chi connectivity index (χ4n) is 3.44. The molecule has 0 bridgehead atoms. The number of hydrogen-bond acceptors (Lipinski definition) is 2. The van der Waals surface area contributed by atoms with Gasteiger partial charge in [0.2, 0.25) is 0 Å². The summed E-state index contributed by atoms with van der Waals surface area (Å²) in [7, 11) is 0. The smallest absolute Gasteiger partial charge is 0.172 e. The van der Waals surface area contributed by atoms with Crippen LogP contribution in [-0.4, -0.2) is 19.0 Å². The lowest BCUT2D eigenvalue weighted by molar-refractivity contribution is -0.242. The van der Waals surface area contributed by atoms with Crippen LogP contribution in [0.5, 0.6) is 0 Å². The third kappa shape index (κ3) is 11.5. The minimum atomic E-state index is -0.449. The maximum Gasteiger partial charge on any atom is 0.172 e. The highest BCUT2D eigenvalue weighted by Crippen LogP contribution is 2.28. The van der Waals surface area contributed by atoms with Gasteiger partial charge in [-0.15, -0.1) is 0 Å². The van der Waals surface area contributed by atoms with Crippen molar-refractivity contribution in [1.82, 2.24) is 0 Å². The molecule has 0 fully saturated rings. The standard InChI is InChI=1S/C25H44O2/c1-4-7-10-11-12-13-17-20-25(26-21-8-5-2,27-22-9-6-3)23-24-18-15-14-16-19-24/h14-16,18-19H,4-13,17,20-23H2,1-3H3. The number of rotatable bonds is 18. The van der Waals surface area contributed by atoms with Gasteiger partial charge in [0.15, 0.2) is 5.79 Å². The minimum Gasteiger partial charge on any atom is -0.350 e. The first-order valence-electron chi connectivity index (χ1n) is 11.6. The van der Waals surface area contributed by atoms with Crippen molar-refractivity contribution in [2.45, 2.75) is 110 Å². The fourth-order valence-corrected chi connectivity index (χ4v) is 3.44. The van der Waals surface area contributed by atoms with E-state index in [1.807, 2.05) is 0 Å². The normalized spacial score (nSPS) is 11.8. The molecule has 0 atom stereocenters. The van der Waals surface area contributed by atoms with E-state index in [4.69, 9.17) is 9.47 Å². The van der Waals surface area contributed by atoms with Crippen molar-refractivity contribution in [1.29, 1.82) is 0 Å². The Morgan fingerprint density at radius 3 is 1.70 bits per heavy atom. The first-order valence-corrected chi connectivity index (χ1v) is 11.6. The number of unbranched alkanes of at least 4 members (excludes halogenated alkanes) is 8. The maximum absolute atomic E-state index is 6.44. The second-order valence-electron chi connectivity index (χ2n) is 7.85. The first kappa shape index (κ1) is 24.2. The van der Waals surface area contributed by atoms with Crippen LogP contribution in [0.2, 0.25) is 0 Å². The average Bonchev–Trinajstić information content (AvgIpc) is 2.68. The minimum absolute atomic E-state index is 0.449. The second kappa shape index (κ2) is 16.1. The third-order valence-electron chi connectivity index (χ3n) is 5.20. The molecule has 0 N–H and O–H groups in total. The zero-order chi connectivity index (χ0) is 19.6. The summed E-state index contributed by atoms with van der Waals surface area (Å²) >= 11 is 0. The number of ether oxygens (including phenoxy) is 2. The van der Waals surface area contributed by atoms with E-state index in [9.17, 15) is 0 Å². The predicted molar refractivity (Wildman–Crippen MR) is 117 cm³/mol. The van der Waals surface area contributed by atoms with Gasteiger partial charge in [0, 0.05) is 12.8 Å². The Morgan fingerprint density at radius 2 is 1.15 bits per heavy atom. The summed E-state index contributed by atoms with van der Waals surface area (Å²) < 4.78 is 12.9. The van der Waals surface area contributed by atoms with Crippen LogP contribution in [0, 0.1) is 0 Å². The van der Waals surface area contributed by atoms with Crippen LogP contribution < -0.4 is 0 Å². The van der Waals surface area contributed by atoms with Crippen LogP contribution in [-0.2, 0) is 15.9 Å². The molecule has 2 nitrogen and oxygen atoms in total. The van der Waals surface area contributed by atoms with Gasteiger partial charge in [-0.2, -0.15) is 0 Å². The van der Waals surface area contributed by atoms with Gasteiger partial charge >= 0.3 is 0 Å². The summed E-state index contributed by atoms with van der Waals surface area (Å²) in [5.74, 6) is -0.449. The van der Waals surface area contributed by atoms with Gasteiger partial charge in [-0.3, -0.25) is 0 Å². The fraction of sp³-hybridized carbons (Fsp3) is 0.760. The van der Waals surface area contributed by atoms with Gasteiger partial charge in [-0.1, -0.05) is 102 Å². The molecule has 0 heterocycles. The van der Waals surface area contributed by atoms with E-state index in [1.165, 1.54) is 50.5 Å². The Morgan fingerprint density at radius 1 is 0.630 bits per heavy atom. The molecule has 0 spiro atoms. The first-order chi connectivity index (χ1) is 13.3. The summed E-state index contributed by atoms with van der Waals surface area (Å²) in [4.78, 5) is 0. The number of benzene rings is 1. The van der Waals surface area contributed by atoms with Crippen molar-refractivity contribution in [2.75, 3.05) is 13.2 Å². The lowest BCUT2D eigenvalue weighted by Gasteiger charge is -2.34. The van der Waals surface area contributed by atoms with Crippen LogP contribution >= 0.6 is 0 Å². The summed E-state index contributed by atoms with van der Waals surface area (Å²) in [5, 5.41) is 0. The monoisotopic (exact) mass is 376 g/mol. The van der Waals surface area contributed by atoms with Crippen molar-refractivity contribution in [2.24, 2.45) is 0 Å². The molecule has 0 unspecified atom stereocenters. The van der Waals surface area contributed by atoms with Crippen LogP contribution in [0.3, 0.4) is 0 Å². The van der Waals surface area contributed by atoms with Crippen molar-refractivity contribution in [3.63, 3.8) is 0 Å². The molecule has 0 amide bonds. The molecule has 0 aromatic heterocycles. The van der Waals surface area contributed by atoms with Crippen LogP contribution in [0.25, 0.3) is 0 Å². The molecule has 27 heavy (non-hydrogen) atoms. The average molecular weight is 377 g/mol. The van der Waals surface area contributed by atoms with E-state index >= 15 is 0 Å². The summed E-state index contributed by atoms with van der Waals surface area (Å²) in [5.41, 5.74) is 1.31. The molecule has 0 aliphatic heterocycles. The zero-order valence-electron chi connectivity index (χ0n) is 18.3. The van der Waals surface area contributed by atoms with Crippen molar-refractivity contribution >= 4 is 0 Å². The Hall–Kier alpha value is -0.860. The van der Waals surface area contributed by atoms with Gasteiger partial charge in [-0.25, -0.2) is 0 Å². The van der Waals surface area contributed by atoms with Gasteiger partial charge in [-0.05, 0) is 24.8 Å². The largest absolute Gasteiger partial charge is 0.350 e. The predicted octanol–water partition coefficient (Wildman–Crippen LogP) is 7.70. The molecule has 0 radical (unpaired) electrons. The van der Waals surface area contributed by atoms with Gasteiger partial charge in [0.1, 0.15) is 0 Å². The van der Waals surface area contributed by atoms with E-state index < -0.39 is 5.79 Å². The lowest BCUT2D eigenvalue weighted by atomic mass is 9.98. The molecule has 1 aromatic carbocycles. The van der Waals surface area contributed by atoms with Crippen molar-refractivity contribution < 1.29 is 9.47 Å². The molecule has 1 rings (SSSR count). The van der Waals surface area contributed by atoms with Gasteiger partial charge in [0.05, 0.1) is 13.2 Å². The summed E-state index contributed by atoms with van der Waals surface area (Å²) in [6.07, 6.45) is 15.6. The Kier molecular flexibility index (Phi) is 14.4. The molecule has 156 valence electrons. The molecule has 0 saturated heterocycles. The topological polar surface area (TPSA) is 18.5 Å². The molecule has 2 heteroatoms. The van der Waals surface area contributed by atoms with Crippen molar-refractivity contribution in [3.8, 4) is 0 Å². The van der Waals surface area contributed by atoms with E-state index in [0.717, 1.165) is 51.7 Å². The Labute approximate surface area is 169 Å². The van der Waals surface area contributed by atoms with E-state index in [0.29, 0.717) is 0 Å². The van der Waals surface area contributed by atoms with Gasteiger partial charge < -0.3 is 9.47 Å². The second-order valence-corrected chi connectivity index (χ2v) is 7.85. The lowest BCUT2D eigenvalue weighted by Crippen LogP contribution is -2.39. The van der Waals surface area contributed by atoms with E-state index in [2.05, 4.69) is 51.1 Å². The molecular weight excluding hydrogens is 332 g/mol. The van der Waals surface area contributed by atoms with E-state index in [-0.39, 0.29) is 0 Å².